The molecular formula is C21H19N5O8S. The van der Waals surface area contributed by atoms with Crippen molar-refractivity contribution in [3.8, 4) is 16.9 Å². The lowest BCUT2D eigenvalue weighted by Gasteiger charge is -2.01. The summed E-state index contributed by atoms with van der Waals surface area (Å²) < 4.78 is 32.7. The Morgan fingerprint density at radius 1 is 0.886 bits per heavy atom. The molecule has 0 atom stereocenters. The Bertz CT molecular complexity index is 1510. The molecule has 0 bridgehead atoms. The second-order valence-electron chi connectivity index (χ2n) is 6.78. The van der Waals surface area contributed by atoms with Crippen LogP contribution in [0.5, 0.6) is 0 Å². The Labute approximate surface area is 197 Å². The molecule has 182 valence electrons. The van der Waals surface area contributed by atoms with E-state index in [1.54, 1.807) is 30.3 Å². The number of benzene rings is 3. The maximum absolute atomic E-state index is 13.1. The minimum atomic E-state index is -4.35. The van der Waals surface area contributed by atoms with Crippen LogP contribution in [0.4, 0.5) is 17.1 Å². The minimum absolute atomic E-state index is 0. The van der Waals surface area contributed by atoms with Gasteiger partial charge in [-0.05, 0) is 48.5 Å². The molecule has 0 saturated carbocycles. The van der Waals surface area contributed by atoms with Crippen molar-refractivity contribution in [2.45, 2.75) is 4.90 Å². The number of hydrogen-bond donors (Lipinski definition) is 2. The first-order chi connectivity index (χ1) is 15.7. The molecule has 0 radical (unpaired) electrons. The number of azo groups is 1. The van der Waals surface area contributed by atoms with Crippen molar-refractivity contribution >= 4 is 27.2 Å². The monoisotopic (exact) mass is 501 g/mol. The predicted octanol–water partition coefficient (Wildman–Crippen LogP) is 2.75. The van der Waals surface area contributed by atoms with Crippen molar-refractivity contribution in [3.05, 3.63) is 99.3 Å². The maximum atomic E-state index is 13.1. The van der Waals surface area contributed by atoms with Gasteiger partial charge in [0.2, 0.25) is 0 Å². The highest BCUT2D eigenvalue weighted by molar-refractivity contribution is 7.85. The van der Waals surface area contributed by atoms with Crippen LogP contribution in [0.2, 0.25) is 0 Å². The van der Waals surface area contributed by atoms with Crippen molar-refractivity contribution < 1.29 is 28.8 Å². The number of hydrogen-bond acceptors (Lipinski definition) is 7. The number of nitro groups is 1. The highest BCUT2D eigenvalue weighted by Crippen LogP contribution is 2.29. The van der Waals surface area contributed by atoms with E-state index in [9.17, 15) is 23.3 Å². The summed E-state index contributed by atoms with van der Waals surface area (Å²) in [6.07, 6.45) is 0. The molecule has 1 aromatic heterocycles. The third-order valence-electron chi connectivity index (χ3n) is 4.65. The van der Waals surface area contributed by atoms with E-state index in [0.717, 1.165) is 12.1 Å². The summed E-state index contributed by atoms with van der Waals surface area (Å²) in [7, 11) is -4.35. The number of aromatic nitrogens is 2. The highest BCUT2D eigenvalue weighted by atomic mass is 32.2. The summed E-state index contributed by atoms with van der Waals surface area (Å²) in [5.41, 5.74) is 0.888. The Morgan fingerprint density at radius 3 is 2.03 bits per heavy atom. The van der Waals surface area contributed by atoms with Gasteiger partial charge < -0.3 is 11.0 Å². The fourth-order valence-corrected chi connectivity index (χ4v) is 3.50. The first-order valence-corrected chi connectivity index (χ1v) is 10.8. The Balaban J connectivity index is 0.00000216. The molecule has 0 saturated heterocycles. The van der Waals surface area contributed by atoms with E-state index in [2.05, 4.69) is 15.3 Å². The number of nitrogens with zero attached hydrogens (tertiary/aromatic N) is 4. The van der Waals surface area contributed by atoms with Gasteiger partial charge in [-0.15, -0.1) is 5.11 Å². The number of non-ortho nitro benzene ring substituents is 1. The molecule has 14 heteroatoms. The largest absolute Gasteiger partial charge is 0.412 e. The van der Waals surface area contributed by atoms with Gasteiger partial charge in [0, 0.05) is 17.7 Å². The van der Waals surface area contributed by atoms with Crippen LogP contribution in [-0.2, 0) is 10.1 Å². The van der Waals surface area contributed by atoms with E-state index in [0.29, 0.717) is 11.3 Å². The molecule has 3 aromatic carbocycles. The molecule has 0 fully saturated rings. The fraction of sp³-hybridized carbons (Fsp3) is 0. The van der Waals surface area contributed by atoms with Gasteiger partial charge in [0.15, 0.2) is 5.69 Å². The summed E-state index contributed by atoms with van der Waals surface area (Å²) in [6.45, 7) is 0. The third-order valence-corrected chi connectivity index (χ3v) is 5.52. The predicted molar refractivity (Wildman–Crippen MR) is 126 cm³/mol. The summed E-state index contributed by atoms with van der Waals surface area (Å²) >= 11 is 0. The first kappa shape index (κ1) is 26.7. The Kier molecular flexibility index (Phi) is 8.12. The summed E-state index contributed by atoms with van der Waals surface area (Å²) in [6, 6.07) is 19.3. The Hall–Kier alpha value is -4.50. The molecule has 4 aromatic rings. The molecule has 1 heterocycles. The number of nitro benzene ring substituents is 1. The van der Waals surface area contributed by atoms with Crippen molar-refractivity contribution in [1.29, 1.82) is 0 Å². The molecule has 4 rings (SSSR count). The smallest absolute Gasteiger partial charge is 0.299 e. The van der Waals surface area contributed by atoms with Crippen LogP contribution in [0.25, 0.3) is 16.9 Å². The molecule has 0 unspecified atom stereocenters. The minimum Gasteiger partial charge on any atom is -0.412 e. The van der Waals surface area contributed by atoms with Crippen LogP contribution in [0.1, 0.15) is 0 Å². The average molecular weight is 501 g/mol. The molecule has 0 aliphatic heterocycles. The topological polar surface area (TPSA) is 223 Å². The molecule has 0 amide bonds. The molecular weight excluding hydrogens is 482 g/mol. The normalized spacial score (nSPS) is 11.0. The summed E-state index contributed by atoms with van der Waals surface area (Å²) in [4.78, 5) is 23.2. The lowest BCUT2D eigenvalue weighted by atomic mass is 10.1. The highest BCUT2D eigenvalue weighted by Gasteiger charge is 2.18. The lowest BCUT2D eigenvalue weighted by Crippen LogP contribution is -2.13. The standard InChI is InChI=1S/C21H15N5O6S.2H2O/c27-21-20(23-22-15-8-12-18(13-9-15)33(30,31)32)19(14-6-10-17(11-7-14)26(28)29)24-25(21)16-4-2-1-3-5-16;;/h1-13,24H,(H,30,31,32);2*1H2. The van der Waals surface area contributed by atoms with E-state index >= 15 is 0 Å². The van der Waals surface area contributed by atoms with Crippen LogP contribution in [0.15, 0.2) is 98.8 Å². The van der Waals surface area contributed by atoms with Crippen LogP contribution in [0.3, 0.4) is 0 Å². The number of nitrogens with one attached hydrogen (secondary N) is 1. The molecule has 6 N–H and O–H groups in total. The van der Waals surface area contributed by atoms with Crippen LogP contribution in [0, 0.1) is 10.1 Å². The second-order valence-corrected chi connectivity index (χ2v) is 8.21. The van der Waals surface area contributed by atoms with Crippen LogP contribution >= 0.6 is 0 Å². The molecule has 35 heavy (non-hydrogen) atoms. The van der Waals surface area contributed by atoms with Gasteiger partial charge in [0.1, 0.15) is 0 Å². The maximum Gasteiger partial charge on any atom is 0.299 e. The van der Waals surface area contributed by atoms with Crippen molar-refractivity contribution in [2.75, 3.05) is 0 Å². The van der Waals surface area contributed by atoms with Gasteiger partial charge in [0.25, 0.3) is 21.4 Å². The van der Waals surface area contributed by atoms with E-state index in [1.807, 2.05) is 0 Å². The number of aromatic amines is 1. The van der Waals surface area contributed by atoms with Gasteiger partial charge >= 0.3 is 0 Å². The zero-order valence-electron chi connectivity index (χ0n) is 17.7. The zero-order chi connectivity index (χ0) is 23.6. The van der Waals surface area contributed by atoms with E-state index in [4.69, 9.17) is 4.55 Å². The van der Waals surface area contributed by atoms with Gasteiger partial charge in [-0.25, -0.2) is 4.68 Å². The average Bonchev–Trinajstić information content (AvgIpc) is 3.14. The lowest BCUT2D eigenvalue weighted by molar-refractivity contribution is -0.384. The molecule has 0 aliphatic rings. The molecule has 0 aliphatic carbocycles. The molecule has 0 spiro atoms. The number of para-hydroxylation sites is 1. The second kappa shape index (κ2) is 10.6. The van der Waals surface area contributed by atoms with Gasteiger partial charge in [-0.3, -0.25) is 24.6 Å². The zero-order valence-corrected chi connectivity index (χ0v) is 18.5. The molecule has 13 nitrogen and oxygen atoms in total. The van der Waals surface area contributed by atoms with Crippen molar-refractivity contribution in [3.63, 3.8) is 0 Å². The fourth-order valence-electron chi connectivity index (χ4n) is 3.02. The number of rotatable bonds is 6. The van der Waals surface area contributed by atoms with Gasteiger partial charge in [0.05, 0.1) is 26.9 Å². The number of H-pyrrole nitrogens is 1. The SMILES string of the molecule is O.O.O=c1c(N=Nc2ccc(S(=O)(=O)O)cc2)c(-c2ccc([N+](=O)[O-])cc2)[nH]n1-c1ccccc1. The van der Waals surface area contributed by atoms with Crippen molar-refractivity contribution in [2.24, 2.45) is 10.2 Å². The summed E-state index contributed by atoms with van der Waals surface area (Å²) in [5.74, 6) is 0. The third kappa shape index (κ3) is 5.71. The van der Waals surface area contributed by atoms with Crippen LogP contribution in [-0.4, -0.2) is 38.6 Å². The first-order valence-electron chi connectivity index (χ1n) is 9.38. The van der Waals surface area contributed by atoms with E-state index in [1.165, 1.54) is 41.1 Å². The van der Waals surface area contributed by atoms with Crippen molar-refractivity contribution in [1.82, 2.24) is 9.78 Å². The van der Waals surface area contributed by atoms with Crippen LogP contribution < -0.4 is 5.56 Å². The van der Waals surface area contributed by atoms with E-state index in [-0.39, 0.29) is 38.6 Å². The van der Waals surface area contributed by atoms with E-state index < -0.39 is 20.6 Å². The van der Waals surface area contributed by atoms with Gasteiger partial charge in [-0.2, -0.15) is 13.5 Å². The Morgan fingerprint density at radius 2 is 1.49 bits per heavy atom. The summed E-state index contributed by atoms with van der Waals surface area (Å²) in [5, 5.41) is 22.0. The van der Waals surface area contributed by atoms with Gasteiger partial charge in [-0.1, -0.05) is 18.2 Å². The quantitative estimate of drug-likeness (QED) is 0.175.